The molecule has 0 radical (unpaired) electrons. The smallest absolute Gasteiger partial charge is 0.275 e. The highest BCUT2D eigenvalue weighted by Gasteiger charge is 2.33. The van der Waals surface area contributed by atoms with E-state index in [1.165, 1.54) is 25.6 Å². The molecule has 2 atom stereocenters. The molecule has 1 aliphatic rings. The zero-order chi connectivity index (χ0) is 19.6. The molecule has 3 N–H and O–H groups in total. The highest BCUT2D eigenvalue weighted by Crippen LogP contribution is 2.28. The third-order valence-corrected chi connectivity index (χ3v) is 7.02. The molecule has 1 fully saturated rings. The van der Waals surface area contributed by atoms with Gasteiger partial charge in [-0.1, -0.05) is 30.3 Å². The number of aromatic amines is 1. The SMILES string of the molecule is O=C(C[NH+]1CCC[C@H]1c1nc2ccccc2s1)NCCc1c[nH]c2ccccc12. The standard InChI is InChI=1S/C23H24N4OS/c28-22(24-12-11-16-14-25-18-7-2-1-6-17(16)18)15-27-13-5-9-20(27)23-26-19-8-3-4-10-21(19)29-23/h1-4,6-8,10,14,20,25H,5,9,11-13,15H2,(H,24,28)/p+1/t20-/m0/s1. The first kappa shape index (κ1) is 18.3. The summed E-state index contributed by atoms with van der Waals surface area (Å²) in [5.41, 5.74) is 3.47. The van der Waals surface area contributed by atoms with Gasteiger partial charge >= 0.3 is 0 Å². The van der Waals surface area contributed by atoms with Gasteiger partial charge in [-0.15, -0.1) is 11.3 Å². The van der Waals surface area contributed by atoms with Crippen LogP contribution in [-0.4, -0.2) is 35.5 Å². The Morgan fingerprint density at radius 1 is 1.21 bits per heavy atom. The monoisotopic (exact) mass is 405 g/mol. The van der Waals surface area contributed by atoms with Gasteiger partial charge < -0.3 is 15.2 Å². The van der Waals surface area contributed by atoms with Crippen molar-refractivity contribution >= 4 is 38.4 Å². The molecule has 5 nitrogen and oxygen atoms in total. The normalized spacial score (nSPS) is 19.2. The van der Waals surface area contributed by atoms with Crippen molar-refractivity contribution in [3.05, 3.63) is 65.3 Å². The number of hydrogen-bond acceptors (Lipinski definition) is 3. The number of likely N-dealkylation sites (tertiary alicyclic amines) is 1. The third-order valence-electron chi connectivity index (χ3n) is 5.87. The molecule has 1 saturated heterocycles. The maximum Gasteiger partial charge on any atom is 0.275 e. The van der Waals surface area contributed by atoms with E-state index in [1.54, 1.807) is 11.3 Å². The number of aromatic nitrogens is 2. The fraction of sp³-hybridized carbons (Fsp3) is 0.304. The largest absolute Gasteiger partial charge is 0.361 e. The van der Waals surface area contributed by atoms with Gasteiger partial charge in [-0.25, -0.2) is 4.98 Å². The molecule has 1 amide bonds. The van der Waals surface area contributed by atoms with Gasteiger partial charge in [0, 0.05) is 36.5 Å². The van der Waals surface area contributed by atoms with E-state index in [0.717, 1.165) is 36.8 Å². The Labute approximate surface area is 173 Å². The maximum atomic E-state index is 12.6. The number of amides is 1. The molecule has 148 valence electrons. The Hall–Kier alpha value is -2.70. The summed E-state index contributed by atoms with van der Waals surface area (Å²) in [5.74, 6) is 0.132. The summed E-state index contributed by atoms with van der Waals surface area (Å²) in [6, 6.07) is 16.9. The van der Waals surface area contributed by atoms with Gasteiger partial charge in [0.05, 0.1) is 16.8 Å². The molecule has 6 heteroatoms. The van der Waals surface area contributed by atoms with E-state index in [9.17, 15) is 4.79 Å². The number of fused-ring (bicyclic) bond motifs is 2. The number of nitrogens with one attached hydrogen (secondary N) is 3. The molecule has 0 bridgehead atoms. The van der Waals surface area contributed by atoms with Crippen molar-refractivity contribution in [2.45, 2.75) is 25.3 Å². The number of quaternary nitrogens is 1. The predicted molar refractivity (Wildman–Crippen MR) is 117 cm³/mol. The van der Waals surface area contributed by atoms with Gasteiger partial charge in [0.25, 0.3) is 5.91 Å². The molecule has 0 saturated carbocycles. The van der Waals surface area contributed by atoms with Crippen LogP contribution >= 0.6 is 11.3 Å². The second-order valence-corrected chi connectivity index (χ2v) is 8.82. The first-order valence-electron chi connectivity index (χ1n) is 10.3. The number of nitrogens with zero attached hydrogens (tertiary/aromatic N) is 1. The number of hydrogen-bond donors (Lipinski definition) is 3. The number of carbonyl (C=O) groups excluding carboxylic acids is 1. The van der Waals surface area contributed by atoms with E-state index < -0.39 is 0 Å². The van der Waals surface area contributed by atoms with E-state index in [1.807, 2.05) is 18.3 Å². The van der Waals surface area contributed by atoms with Crippen molar-refractivity contribution in [2.75, 3.05) is 19.6 Å². The van der Waals surface area contributed by atoms with Crippen LogP contribution in [0, 0.1) is 0 Å². The van der Waals surface area contributed by atoms with Gasteiger partial charge in [-0.2, -0.15) is 0 Å². The summed E-state index contributed by atoms with van der Waals surface area (Å²) in [6.45, 7) is 2.23. The van der Waals surface area contributed by atoms with Crippen molar-refractivity contribution in [3.8, 4) is 0 Å². The van der Waals surface area contributed by atoms with Crippen molar-refractivity contribution in [3.63, 3.8) is 0 Å². The van der Waals surface area contributed by atoms with Crippen molar-refractivity contribution in [1.82, 2.24) is 15.3 Å². The summed E-state index contributed by atoms with van der Waals surface area (Å²) in [4.78, 5) is 22.1. The molecule has 29 heavy (non-hydrogen) atoms. The van der Waals surface area contributed by atoms with Gasteiger partial charge in [0.2, 0.25) is 0 Å². The number of benzene rings is 2. The van der Waals surface area contributed by atoms with E-state index in [-0.39, 0.29) is 5.91 Å². The van der Waals surface area contributed by atoms with Crippen molar-refractivity contribution in [2.24, 2.45) is 0 Å². The molecule has 3 heterocycles. The van der Waals surface area contributed by atoms with Crippen LogP contribution in [0.1, 0.15) is 29.5 Å². The Morgan fingerprint density at radius 3 is 3.00 bits per heavy atom. The number of rotatable bonds is 6. The van der Waals surface area contributed by atoms with E-state index in [2.05, 4.69) is 46.7 Å². The van der Waals surface area contributed by atoms with Crippen LogP contribution in [0.2, 0.25) is 0 Å². The van der Waals surface area contributed by atoms with Crippen LogP contribution in [0.25, 0.3) is 21.1 Å². The van der Waals surface area contributed by atoms with E-state index in [4.69, 9.17) is 4.98 Å². The molecule has 4 aromatic rings. The Balaban J connectivity index is 1.18. The average molecular weight is 406 g/mol. The Kier molecular flexibility index (Phi) is 5.04. The minimum Gasteiger partial charge on any atom is -0.361 e. The fourth-order valence-corrected chi connectivity index (χ4v) is 5.57. The quantitative estimate of drug-likeness (QED) is 0.462. The lowest BCUT2D eigenvalue weighted by atomic mass is 10.1. The second-order valence-electron chi connectivity index (χ2n) is 7.76. The zero-order valence-corrected chi connectivity index (χ0v) is 17.1. The zero-order valence-electron chi connectivity index (χ0n) is 16.3. The molecule has 2 aromatic carbocycles. The van der Waals surface area contributed by atoms with E-state index >= 15 is 0 Å². The third kappa shape index (κ3) is 3.78. The minimum absolute atomic E-state index is 0.132. The summed E-state index contributed by atoms with van der Waals surface area (Å²) in [7, 11) is 0. The summed E-state index contributed by atoms with van der Waals surface area (Å²) in [5, 5.41) is 5.53. The highest BCUT2D eigenvalue weighted by atomic mass is 32.1. The number of para-hydroxylation sites is 2. The lowest BCUT2D eigenvalue weighted by Gasteiger charge is -2.19. The molecular formula is C23H25N4OS+. The lowest BCUT2D eigenvalue weighted by Crippen LogP contribution is -3.11. The molecule has 1 unspecified atom stereocenters. The number of H-pyrrole nitrogens is 1. The first-order valence-corrected chi connectivity index (χ1v) is 11.1. The minimum atomic E-state index is 0.132. The highest BCUT2D eigenvalue weighted by molar-refractivity contribution is 7.18. The topological polar surface area (TPSA) is 62.2 Å². The van der Waals surface area contributed by atoms with Crippen LogP contribution in [-0.2, 0) is 11.2 Å². The van der Waals surface area contributed by atoms with Crippen LogP contribution < -0.4 is 10.2 Å². The van der Waals surface area contributed by atoms with Crippen LogP contribution in [0.3, 0.4) is 0 Å². The summed E-state index contributed by atoms with van der Waals surface area (Å²) < 4.78 is 1.23. The van der Waals surface area contributed by atoms with Gasteiger partial charge in [-0.05, 0) is 30.2 Å². The predicted octanol–water partition coefficient (Wildman–Crippen LogP) is 2.86. The maximum absolute atomic E-state index is 12.6. The van der Waals surface area contributed by atoms with Gasteiger partial charge in [-0.3, -0.25) is 4.79 Å². The molecule has 0 spiro atoms. The lowest BCUT2D eigenvalue weighted by molar-refractivity contribution is -0.910. The summed E-state index contributed by atoms with van der Waals surface area (Å²) >= 11 is 1.78. The second kappa shape index (κ2) is 7.97. The van der Waals surface area contributed by atoms with Crippen LogP contribution in [0.15, 0.2) is 54.7 Å². The van der Waals surface area contributed by atoms with Crippen molar-refractivity contribution in [1.29, 1.82) is 0 Å². The van der Waals surface area contributed by atoms with Crippen LogP contribution in [0.5, 0.6) is 0 Å². The van der Waals surface area contributed by atoms with E-state index in [0.29, 0.717) is 19.1 Å². The number of carbonyl (C=O) groups is 1. The molecule has 5 rings (SSSR count). The molecule has 1 aliphatic heterocycles. The Bertz CT molecular complexity index is 1110. The van der Waals surface area contributed by atoms with Crippen LogP contribution in [0.4, 0.5) is 0 Å². The Morgan fingerprint density at radius 2 is 2.07 bits per heavy atom. The molecule has 2 aromatic heterocycles. The first-order chi connectivity index (χ1) is 14.3. The summed E-state index contributed by atoms with van der Waals surface area (Å²) in [6.07, 6.45) is 5.15. The number of thiazole rings is 1. The molecule has 0 aliphatic carbocycles. The fourth-order valence-electron chi connectivity index (χ4n) is 4.40. The van der Waals surface area contributed by atoms with Crippen molar-refractivity contribution < 1.29 is 9.69 Å². The average Bonchev–Trinajstić information content (AvgIpc) is 3.46. The van der Waals surface area contributed by atoms with Gasteiger partial charge in [0.15, 0.2) is 11.6 Å². The molecular weight excluding hydrogens is 380 g/mol. The van der Waals surface area contributed by atoms with Gasteiger partial charge in [0.1, 0.15) is 6.04 Å².